The zero-order chi connectivity index (χ0) is 12.3. The first-order valence-corrected chi connectivity index (χ1v) is 7.33. The Morgan fingerprint density at radius 2 is 1.94 bits per heavy atom. The maximum absolute atomic E-state index is 5.65. The Bertz CT molecular complexity index is 172. The molecule has 0 atom stereocenters. The van der Waals surface area contributed by atoms with Gasteiger partial charge in [-0.25, -0.2) is 0 Å². The first-order valence-electron chi connectivity index (χ1n) is 7.33. The molecule has 0 aromatic heterocycles. The van der Waals surface area contributed by atoms with E-state index < -0.39 is 0 Å². The van der Waals surface area contributed by atoms with Crippen LogP contribution in [0.5, 0.6) is 0 Å². The van der Waals surface area contributed by atoms with E-state index in [4.69, 9.17) is 4.74 Å². The normalized spacial score (nSPS) is 15.7. The molecule has 1 aliphatic rings. The Hall–Kier alpha value is -0.120. The summed E-state index contributed by atoms with van der Waals surface area (Å²) in [6, 6.07) is 0.864. The molecule has 102 valence electrons. The lowest BCUT2D eigenvalue weighted by molar-refractivity contribution is 0.106. The minimum Gasteiger partial charge on any atom is -0.380 e. The third kappa shape index (κ3) is 8.58. The van der Waals surface area contributed by atoms with Gasteiger partial charge < -0.3 is 15.0 Å². The molecule has 0 aliphatic heterocycles. The Labute approximate surface area is 107 Å². The smallest absolute Gasteiger partial charge is 0.0593 e. The van der Waals surface area contributed by atoms with Gasteiger partial charge in [-0.3, -0.25) is 0 Å². The van der Waals surface area contributed by atoms with E-state index in [1.54, 1.807) is 0 Å². The van der Waals surface area contributed by atoms with Crippen LogP contribution in [0, 0.1) is 0 Å². The number of hydrogen-bond acceptors (Lipinski definition) is 3. The second-order valence-electron chi connectivity index (χ2n) is 5.13. The van der Waals surface area contributed by atoms with E-state index in [0.29, 0.717) is 0 Å². The molecule has 0 spiro atoms. The van der Waals surface area contributed by atoms with Crippen LogP contribution in [0.15, 0.2) is 0 Å². The number of nitrogens with one attached hydrogen (secondary N) is 1. The summed E-state index contributed by atoms with van der Waals surface area (Å²) >= 11 is 0. The monoisotopic (exact) mass is 242 g/mol. The molecule has 0 aromatic carbocycles. The average molecular weight is 242 g/mol. The Morgan fingerprint density at radius 1 is 1.12 bits per heavy atom. The maximum atomic E-state index is 5.65. The Morgan fingerprint density at radius 3 is 2.65 bits per heavy atom. The molecule has 0 unspecified atom stereocenters. The van der Waals surface area contributed by atoms with E-state index in [1.807, 2.05) is 0 Å². The number of nitrogens with zero attached hydrogens (tertiary/aromatic N) is 1. The van der Waals surface area contributed by atoms with Crippen LogP contribution in [0.2, 0.25) is 0 Å². The van der Waals surface area contributed by atoms with Crippen LogP contribution < -0.4 is 5.32 Å². The molecule has 1 aliphatic carbocycles. The van der Waals surface area contributed by atoms with Gasteiger partial charge in [0.2, 0.25) is 0 Å². The first kappa shape index (κ1) is 14.9. The van der Waals surface area contributed by atoms with Gasteiger partial charge in [0.15, 0.2) is 0 Å². The first-order chi connectivity index (χ1) is 8.34. The Kier molecular flexibility index (Phi) is 8.67. The number of rotatable bonds is 12. The van der Waals surface area contributed by atoms with Crippen LogP contribution in [0.1, 0.15) is 45.4 Å². The van der Waals surface area contributed by atoms with Crippen molar-refractivity contribution in [2.45, 2.75) is 51.5 Å². The second-order valence-corrected chi connectivity index (χ2v) is 5.13. The number of unbranched alkanes of at least 4 members (excludes halogenated alkanes) is 2. The topological polar surface area (TPSA) is 24.5 Å². The highest BCUT2D eigenvalue weighted by Crippen LogP contribution is 2.24. The summed E-state index contributed by atoms with van der Waals surface area (Å²) in [5, 5.41) is 3.42. The van der Waals surface area contributed by atoms with Crippen molar-refractivity contribution >= 4 is 0 Å². The predicted octanol–water partition coefficient (Wildman–Crippen LogP) is 2.27. The van der Waals surface area contributed by atoms with Crippen LogP contribution in [-0.2, 0) is 4.74 Å². The van der Waals surface area contributed by atoms with Crippen LogP contribution in [-0.4, -0.2) is 50.8 Å². The van der Waals surface area contributed by atoms with Crippen LogP contribution in [0.3, 0.4) is 0 Å². The average Bonchev–Trinajstić information content (AvgIpc) is 3.15. The fourth-order valence-electron chi connectivity index (χ4n) is 1.94. The van der Waals surface area contributed by atoms with Gasteiger partial charge in [-0.1, -0.05) is 6.92 Å². The van der Waals surface area contributed by atoms with Gasteiger partial charge in [0.05, 0.1) is 6.61 Å². The molecule has 0 saturated heterocycles. The van der Waals surface area contributed by atoms with Gasteiger partial charge in [-0.2, -0.15) is 0 Å². The highest BCUT2D eigenvalue weighted by Gasteiger charge is 2.25. The molecule has 0 aromatic rings. The van der Waals surface area contributed by atoms with E-state index in [9.17, 15) is 0 Å². The third-order valence-electron chi connectivity index (χ3n) is 3.33. The van der Waals surface area contributed by atoms with Crippen molar-refractivity contribution in [3.05, 3.63) is 0 Å². The van der Waals surface area contributed by atoms with Crippen molar-refractivity contribution < 1.29 is 4.74 Å². The molecule has 1 fully saturated rings. The third-order valence-corrected chi connectivity index (χ3v) is 3.33. The number of hydrogen-bond donors (Lipinski definition) is 1. The molecular formula is C14H30N2O. The van der Waals surface area contributed by atoms with Gasteiger partial charge in [0.25, 0.3) is 0 Å². The summed E-state index contributed by atoms with van der Waals surface area (Å²) in [5.41, 5.74) is 0. The van der Waals surface area contributed by atoms with Crippen molar-refractivity contribution in [2.24, 2.45) is 0 Å². The van der Waals surface area contributed by atoms with Gasteiger partial charge >= 0.3 is 0 Å². The molecule has 0 heterocycles. The summed E-state index contributed by atoms with van der Waals surface area (Å²) in [7, 11) is 2.21. The molecule has 3 heteroatoms. The highest BCUT2D eigenvalue weighted by molar-refractivity contribution is 4.81. The molecule has 0 radical (unpaired) electrons. The van der Waals surface area contributed by atoms with E-state index in [-0.39, 0.29) is 0 Å². The predicted molar refractivity (Wildman–Crippen MR) is 73.5 cm³/mol. The summed E-state index contributed by atoms with van der Waals surface area (Å²) < 4.78 is 5.65. The molecule has 3 nitrogen and oxygen atoms in total. The molecular weight excluding hydrogens is 212 g/mol. The maximum Gasteiger partial charge on any atom is 0.0593 e. The van der Waals surface area contributed by atoms with E-state index >= 15 is 0 Å². The minimum absolute atomic E-state index is 0.864. The molecule has 1 saturated carbocycles. The molecule has 1 N–H and O–H groups in total. The lowest BCUT2D eigenvalue weighted by Crippen LogP contribution is -2.25. The van der Waals surface area contributed by atoms with Gasteiger partial charge in [0, 0.05) is 19.2 Å². The quantitative estimate of drug-likeness (QED) is 0.531. The fraction of sp³-hybridized carbons (Fsp3) is 1.00. The molecule has 1 rings (SSSR count). The lowest BCUT2D eigenvalue weighted by Gasteiger charge is -2.15. The summed E-state index contributed by atoms with van der Waals surface area (Å²) in [6.07, 6.45) is 7.79. The largest absolute Gasteiger partial charge is 0.380 e. The zero-order valence-electron chi connectivity index (χ0n) is 11.7. The summed E-state index contributed by atoms with van der Waals surface area (Å²) in [5.74, 6) is 0. The van der Waals surface area contributed by atoms with Crippen molar-refractivity contribution in [3.8, 4) is 0 Å². The molecule has 0 bridgehead atoms. The van der Waals surface area contributed by atoms with Crippen molar-refractivity contribution in [1.29, 1.82) is 0 Å². The van der Waals surface area contributed by atoms with Gasteiger partial charge in [0.1, 0.15) is 0 Å². The van der Waals surface area contributed by atoms with Crippen molar-refractivity contribution in [3.63, 3.8) is 0 Å². The Balaban J connectivity index is 1.69. The van der Waals surface area contributed by atoms with Crippen LogP contribution >= 0.6 is 0 Å². The van der Waals surface area contributed by atoms with Crippen LogP contribution in [0.4, 0.5) is 0 Å². The van der Waals surface area contributed by atoms with E-state index in [1.165, 1.54) is 38.5 Å². The van der Waals surface area contributed by atoms with Gasteiger partial charge in [-0.05, 0) is 58.7 Å². The standard InChI is InChI=1S/C14H30N2O/c1-3-9-15-10-5-4-6-12-17-13-11-16(2)14-7-8-14/h14-15H,3-13H2,1-2H3. The zero-order valence-corrected chi connectivity index (χ0v) is 11.7. The van der Waals surface area contributed by atoms with Crippen LogP contribution in [0.25, 0.3) is 0 Å². The summed E-state index contributed by atoms with van der Waals surface area (Å²) in [4.78, 5) is 2.43. The molecule has 0 amide bonds. The summed E-state index contributed by atoms with van der Waals surface area (Å²) in [6.45, 7) is 7.47. The van der Waals surface area contributed by atoms with Crippen molar-refractivity contribution in [1.82, 2.24) is 10.2 Å². The lowest BCUT2D eigenvalue weighted by atomic mass is 10.2. The fourth-order valence-corrected chi connectivity index (χ4v) is 1.94. The highest BCUT2D eigenvalue weighted by atomic mass is 16.5. The second kappa shape index (κ2) is 9.86. The van der Waals surface area contributed by atoms with Gasteiger partial charge in [-0.15, -0.1) is 0 Å². The number of likely N-dealkylation sites (N-methyl/N-ethyl adjacent to an activating group) is 1. The molecule has 17 heavy (non-hydrogen) atoms. The minimum atomic E-state index is 0.864. The van der Waals surface area contributed by atoms with Crippen molar-refractivity contribution in [2.75, 3.05) is 39.9 Å². The SMILES string of the molecule is CCCNCCCCCOCCN(C)C1CC1. The van der Waals surface area contributed by atoms with E-state index in [0.717, 1.165) is 38.9 Å². The van der Waals surface area contributed by atoms with E-state index in [2.05, 4.69) is 24.2 Å². The number of ether oxygens (including phenoxy) is 1.